The second-order valence-electron chi connectivity index (χ2n) is 4.60. The predicted octanol–water partition coefficient (Wildman–Crippen LogP) is 0.971. The highest BCUT2D eigenvalue weighted by molar-refractivity contribution is 5.91. The van der Waals surface area contributed by atoms with Crippen LogP contribution in [0.15, 0.2) is 16.5 Å². The van der Waals surface area contributed by atoms with Crippen LogP contribution in [0.3, 0.4) is 0 Å². The average Bonchev–Trinajstić information content (AvgIpc) is 2.72. The van der Waals surface area contributed by atoms with Gasteiger partial charge in [0.2, 0.25) is 0 Å². The number of furan rings is 1. The molecule has 0 bridgehead atoms. The predicted molar refractivity (Wildman–Crippen MR) is 64.5 cm³/mol. The number of hydrogen-bond donors (Lipinski definition) is 2. The number of carbonyl (C=O) groups excluding carboxylic acids is 1. The first-order chi connectivity index (χ1) is 7.87. The number of aliphatic hydroxyl groups is 1. The standard InChI is InChI=1S/C12H20N2O3/c1-4-14(8-12(2,3)16)11(15)10-6-5-9(7-13)17-10/h5-6,16H,4,7-8,13H2,1-3H3. The van der Waals surface area contributed by atoms with E-state index in [0.29, 0.717) is 12.3 Å². The van der Waals surface area contributed by atoms with Gasteiger partial charge in [-0.05, 0) is 32.9 Å². The highest BCUT2D eigenvalue weighted by Crippen LogP contribution is 2.13. The largest absolute Gasteiger partial charge is 0.455 e. The van der Waals surface area contributed by atoms with Gasteiger partial charge < -0.3 is 20.2 Å². The van der Waals surface area contributed by atoms with Crippen LogP contribution in [-0.4, -0.2) is 34.6 Å². The molecule has 5 nitrogen and oxygen atoms in total. The quantitative estimate of drug-likeness (QED) is 0.803. The number of likely N-dealkylation sites (N-methyl/N-ethyl adjacent to an activating group) is 1. The Bertz CT molecular complexity index is 379. The van der Waals surface area contributed by atoms with Crippen molar-refractivity contribution in [3.63, 3.8) is 0 Å². The fourth-order valence-electron chi connectivity index (χ4n) is 1.55. The topological polar surface area (TPSA) is 79.7 Å². The van der Waals surface area contributed by atoms with E-state index in [-0.39, 0.29) is 24.8 Å². The van der Waals surface area contributed by atoms with Crippen molar-refractivity contribution in [3.05, 3.63) is 23.7 Å². The van der Waals surface area contributed by atoms with E-state index in [2.05, 4.69) is 0 Å². The van der Waals surface area contributed by atoms with Crippen molar-refractivity contribution in [2.45, 2.75) is 32.9 Å². The molecular weight excluding hydrogens is 220 g/mol. The van der Waals surface area contributed by atoms with Gasteiger partial charge in [-0.25, -0.2) is 0 Å². The van der Waals surface area contributed by atoms with Crippen molar-refractivity contribution < 1.29 is 14.3 Å². The van der Waals surface area contributed by atoms with Crippen LogP contribution in [0.4, 0.5) is 0 Å². The number of nitrogens with two attached hydrogens (primary N) is 1. The van der Waals surface area contributed by atoms with Crippen molar-refractivity contribution in [1.29, 1.82) is 0 Å². The van der Waals surface area contributed by atoms with Gasteiger partial charge in [-0.1, -0.05) is 0 Å². The van der Waals surface area contributed by atoms with E-state index in [4.69, 9.17) is 10.2 Å². The molecule has 1 amide bonds. The third-order valence-electron chi connectivity index (χ3n) is 2.32. The number of amides is 1. The summed E-state index contributed by atoms with van der Waals surface area (Å²) in [6.07, 6.45) is 0. The summed E-state index contributed by atoms with van der Waals surface area (Å²) in [7, 11) is 0. The molecule has 96 valence electrons. The molecule has 0 spiro atoms. The number of rotatable bonds is 5. The van der Waals surface area contributed by atoms with Crippen molar-refractivity contribution in [2.75, 3.05) is 13.1 Å². The van der Waals surface area contributed by atoms with Crippen LogP contribution in [0.1, 0.15) is 37.1 Å². The zero-order valence-electron chi connectivity index (χ0n) is 10.6. The minimum absolute atomic E-state index is 0.227. The summed E-state index contributed by atoms with van der Waals surface area (Å²) >= 11 is 0. The van der Waals surface area contributed by atoms with Gasteiger partial charge in [-0.15, -0.1) is 0 Å². The van der Waals surface area contributed by atoms with Crippen molar-refractivity contribution in [1.82, 2.24) is 4.90 Å². The molecule has 1 heterocycles. The fraction of sp³-hybridized carbons (Fsp3) is 0.583. The van der Waals surface area contributed by atoms with E-state index < -0.39 is 5.60 Å². The van der Waals surface area contributed by atoms with Crippen LogP contribution in [0, 0.1) is 0 Å². The molecule has 0 saturated heterocycles. The molecule has 0 atom stereocenters. The second-order valence-corrected chi connectivity index (χ2v) is 4.60. The molecule has 0 unspecified atom stereocenters. The molecule has 0 fully saturated rings. The number of carbonyl (C=O) groups is 1. The molecule has 0 aliphatic rings. The lowest BCUT2D eigenvalue weighted by molar-refractivity contribution is 0.0297. The molecular formula is C12H20N2O3. The maximum absolute atomic E-state index is 12.1. The summed E-state index contributed by atoms with van der Waals surface area (Å²) in [5, 5.41) is 9.72. The van der Waals surface area contributed by atoms with Crippen molar-refractivity contribution >= 4 is 5.91 Å². The lowest BCUT2D eigenvalue weighted by Gasteiger charge is -2.27. The molecule has 0 aliphatic carbocycles. The third-order valence-corrected chi connectivity index (χ3v) is 2.32. The van der Waals surface area contributed by atoms with E-state index in [9.17, 15) is 9.90 Å². The molecule has 1 aromatic heterocycles. The molecule has 0 aromatic carbocycles. The van der Waals surface area contributed by atoms with Crippen LogP contribution in [0.5, 0.6) is 0 Å². The van der Waals surface area contributed by atoms with E-state index in [1.165, 1.54) is 0 Å². The molecule has 0 saturated carbocycles. The molecule has 3 N–H and O–H groups in total. The first-order valence-corrected chi connectivity index (χ1v) is 5.68. The minimum Gasteiger partial charge on any atom is -0.455 e. The van der Waals surface area contributed by atoms with Gasteiger partial charge in [0.1, 0.15) is 5.76 Å². The van der Waals surface area contributed by atoms with Crippen LogP contribution in [0.25, 0.3) is 0 Å². The van der Waals surface area contributed by atoms with Crippen LogP contribution in [-0.2, 0) is 6.54 Å². The monoisotopic (exact) mass is 240 g/mol. The molecule has 5 heteroatoms. The lowest BCUT2D eigenvalue weighted by atomic mass is 10.1. The van der Waals surface area contributed by atoms with Gasteiger partial charge in [0.15, 0.2) is 5.76 Å². The fourth-order valence-corrected chi connectivity index (χ4v) is 1.55. The maximum atomic E-state index is 12.1. The number of hydrogen-bond acceptors (Lipinski definition) is 4. The first kappa shape index (κ1) is 13.7. The molecule has 0 aliphatic heterocycles. The molecule has 17 heavy (non-hydrogen) atoms. The first-order valence-electron chi connectivity index (χ1n) is 5.68. The Morgan fingerprint density at radius 3 is 2.59 bits per heavy atom. The Morgan fingerprint density at radius 1 is 1.53 bits per heavy atom. The van der Waals surface area contributed by atoms with Gasteiger partial charge in [-0.2, -0.15) is 0 Å². The van der Waals surface area contributed by atoms with Gasteiger partial charge in [0.25, 0.3) is 5.91 Å². The summed E-state index contributed by atoms with van der Waals surface area (Å²) < 4.78 is 5.29. The Kier molecular flexibility index (Phi) is 4.31. The second kappa shape index (κ2) is 5.33. The van der Waals surface area contributed by atoms with Gasteiger partial charge >= 0.3 is 0 Å². The van der Waals surface area contributed by atoms with E-state index >= 15 is 0 Å². The Hall–Kier alpha value is -1.33. The summed E-state index contributed by atoms with van der Waals surface area (Å²) in [5.41, 5.74) is 4.49. The summed E-state index contributed by atoms with van der Waals surface area (Å²) in [4.78, 5) is 13.6. The molecule has 0 radical (unpaired) electrons. The van der Waals surface area contributed by atoms with Gasteiger partial charge in [-0.3, -0.25) is 4.79 Å². The summed E-state index contributed by atoms with van der Waals surface area (Å²) in [6.45, 7) is 6.23. The summed E-state index contributed by atoms with van der Waals surface area (Å²) in [5.74, 6) is 0.610. The molecule has 1 rings (SSSR count). The maximum Gasteiger partial charge on any atom is 0.289 e. The van der Waals surface area contributed by atoms with Crippen LogP contribution in [0.2, 0.25) is 0 Å². The van der Waals surface area contributed by atoms with Gasteiger partial charge in [0.05, 0.1) is 12.1 Å². The summed E-state index contributed by atoms with van der Waals surface area (Å²) in [6, 6.07) is 3.29. The number of nitrogens with zero attached hydrogens (tertiary/aromatic N) is 1. The Balaban J connectivity index is 2.79. The normalized spacial score (nSPS) is 11.6. The lowest BCUT2D eigenvalue weighted by Crippen LogP contribution is -2.42. The van der Waals surface area contributed by atoms with E-state index in [1.807, 2.05) is 6.92 Å². The third kappa shape index (κ3) is 3.87. The Morgan fingerprint density at radius 2 is 2.18 bits per heavy atom. The average molecular weight is 240 g/mol. The van der Waals surface area contributed by atoms with Gasteiger partial charge in [0, 0.05) is 13.1 Å². The smallest absolute Gasteiger partial charge is 0.289 e. The highest BCUT2D eigenvalue weighted by Gasteiger charge is 2.24. The van der Waals surface area contributed by atoms with Crippen molar-refractivity contribution in [3.8, 4) is 0 Å². The minimum atomic E-state index is -0.922. The zero-order chi connectivity index (χ0) is 13.1. The highest BCUT2D eigenvalue weighted by atomic mass is 16.4. The zero-order valence-corrected chi connectivity index (χ0v) is 10.6. The van der Waals surface area contributed by atoms with E-state index in [1.54, 1.807) is 30.9 Å². The van der Waals surface area contributed by atoms with Crippen LogP contribution < -0.4 is 5.73 Å². The SMILES string of the molecule is CCN(CC(C)(C)O)C(=O)c1ccc(CN)o1. The van der Waals surface area contributed by atoms with Crippen molar-refractivity contribution in [2.24, 2.45) is 5.73 Å². The Labute approximate surface area is 101 Å². The molecule has 1 aromatic rings. The van der Waals surface area contributed by atoms with Crippen LogP contribution >= 0.6 is 0 Å². The van der Waals surface area contributed by atoms with E-state index in [0.717, 1.165) is 0 Å².